The van der Waals surface area contributed by atoms with E-state index in [9.17, 15) is 14.4 Å². The lowest BCUT2D eigenvalue weighted by molar-refractivity contribution is -0.145. The van der Waals surface area contributed by atoms with E-state index < -0.39 is 23.9 Å². The Morgan fingerprint density at radius 2 is 2.10 bits per heavy atom. The van der Waals surface area contributed by atoms with Gasteiger partial charge in [-0.15, -0.1) is 0 Å². The number of methoxy groups -OCH3 is 1. The zero-order chi connectivity index (χ0) is 15.8. The number of carboxylic acids is 1. The minimum atomic E-state index is -0.930. The normalized spacial score (nSPS) is 20.6. The number of amides is 3. The number of rotatable bonds is 6. The molecular formula is C13H23N3O5. The molecule has 2 atom stereocenters. The Bertz CT molecular complexity index is 388. The van der Waals surface area contributed by atoms with Crippen molar-refractivity contribution in [2.75, 3.05) is 26.8 Å². The lowest BCUT2D eigenvalue weighted by Crippen LogP contribution is -2.52. The van der Waals surface area contributed by atoms with E-state index in [1.807, 2.05) is 0 Å². The standard InChI is InChI=1S/C13H23N3O5/c1-9(8-21-2)14-13(20)15-11(17)7-16-6-4-3-5-10(16)12(18)19/h9-10H,3-8H2,1-2H3,(H,18,19)(H2,14,15,17,20). The van der Waals surface area contributed by atoms with E-state index in [0.717, 1.165) is 12.8 Å². The minimum Gasteiger partial charge on any atom is -0.480 e. The summed E-state index contributed by atoms with van der Waals surface area (Å²) in [6, 6.07) is -1.47. The van der Waals surface area contributed by atoms with Crippen molar-refractivity contribution in [3.63, 3.8) is 0 Å². The maximum atomic E-state index is 11.8. The molecule has 1 aliphatic heterocycles. The molecule has 3 amide bonds. The van der Waals surface area contributed by atoms with E-state index >= 15 is 0 Å². The molecular weight excluding hydrogens is 278 g/mol. The average molecular weight is 301 g/mol. The van der Waals surface area contributed by atoms with Crippen LogP contribution in [-0.4, -0.2) is 66.8 Å². The van der Waals surface area contributed by atoms with Crippen molar-refractivity contribution in [2.24, 2.45) is 0 Å². The Morgan fingerprint density at radius 3 is 2.71 bits per heavy atom. The molecule has 0 bridgehead atoms. The van der Waals surface area contributed by atoms with Gasteiger partial charge in [-0.3, -0.25) is 19.8 Å². The molecule has 2 unspecified atom stereocenters. The maximum absolute atomic E-state index is 11.8. The van der Waals surface area contributed by atoms with E-state index in [2.05, 4.69) is 10.6 Å². The monoisotopic (exact) mass is 301 g/mol. The number of nitrogens with one attached hydrogen (secondary N) is 2. The van der Waals surface area contributed by atoms with Gasteiger partial charge in [-0.1, -0.05) is 6.42 Å². The smallest absolute Gasteiger partial charge is 0.321 e. The molecule has 0 aromatic carbocycles. The number of carbonyl (C=O) groups is 3. The molecule has 0 saturated carbocycles. The highest BCUT2D eigenvalue weighted by atomic mass is 16.5. The molecule has 3 N–H and O–H groups in total. The van der Waals surface area contributed by atoms with Crippen LogP contribution in [0.15, 0.2) is 0 Å². The van der Waals surface area contributed by atoms with Gasteiger partial charge in [-0.2, -0.15) is 0 Å². The summed E-state index contributed by atoms with van der Waals surface area (Å²) in [5.41, 5.74) is 0. The van der Waals surface area contributed by atoms with Gasteiger partial charge in [0.1, 0.15) is 6.04 Å². The quantitative estimate of drug-likeness (QED) is 0.626. The molecule has 1 rings (SSSR count). The summed E-state index contributed by atoms with van der Waals surface area (Å²) in [5.74, 6) is -1.44. The average Bonchev–Trinajstić information content (AvgIpc) is 2.38. The number of urea groups is 1. The number of carbonyl (C=O) groups excluding carboxylic acids is 2. The second-order valence-corrected chi connectivity index (χ2v) is 5.20. The van der Waals surface area contributed by atoms with Gasteiger partial charge in [0.2, 0.25) is 5.91 Å². The number of aliphatic carboxylic acids is 1. The molecule has 0 aromatic rings. The molecule has 21 heavy (non-hydrogen) atoms. The van der Waals surface area contributed by atoms with Crippen LogP contribution in [0.1, 0.15) is 26.2 Å². The van der Waals surface area contributed by atoms with Crippen molar-refractivity contribution in [3.8, 4) is 0 Å². The number of ether oxygens (including phenoxy) is 1. The lowest BCUT2D eigenvalue weighted by atomic mass is 10.0. The van der Waals surface area contributed by atoms with Gasteiger partial charge in [0.25, 0.3) is 0 Å². The highest BCUT2D eigenvalue weighted by molar-refractivity contribution is 5.95. The molecule has 120 valence electrons. The van der Waals surface area contributed by atoms with Crippen molar-refractivity contribution in [1.29, 1.82) is 0 Å². The summed E-state index contributed by atoms with van der Waals surface area (Å²) >= 11 is 0. The number of nitrogens with zero attached hydrogens (tertiary/aromatic N) is 1. The third-order valence-corrected chi connectivity index (χ3v) is 3.29. The van der Waals surface area contributed by atoms with E-state index in [0.29, 0.717) is 19.6 Å². The van der Waals surface area contributed by atoms with Crippen LogP contribution in [0, 0.1) is 0 Å². The molecule has 0 aliphatic carbocycles. The first kappa shape index (κ1) is 17.4. The van der Waals surface area contributed by atoms with E-state index in [1.165, 1.54) is 7.11 Å². The molecule has 1 aliphatic rings. The minimum absolute atomic E-state index is 0.0942. The van der Waals surface area contributed by atoms with Crippen molar-refractivity contribution in [3.05, 3.63) is 0 Å². The van der Waals surface area contributed by atoms with Crippen LogP contribution < -0.4 is 10.6 Å². The molecule has 0 aromatic heterocycles. The summed E-state index contributed by atoms with van der Waals surface area (Å²) in [6.07, 6.45) is 2.22. The molecule has 1 heterocycles. The van der Waals surface area contributed by atoms with Gasteiger partial charge in [0.15, 0.2) is 0 Å². The van der Waals surface area contributed by atoms with E-state index in [-0.39, 0.29) is 12.6 Å². The fourth-order valence-electron chi connectivity index (χ4n) is 2.36. The van der Waals surface area contributed by atoms with Crippen LogP contribution in [-0.2, 0) is 14.3 Å². The van der Waals surface area contributed by atoms with Crippen LogP contribution in [0.4, 0.5) is 4.79 Å². The molecule has 8 nitrogen and oxygen atoms in total. The fraction of sp³-hybridized carbons (Fsp3) is 0.769. The SMILES string of the molecule is COCC(C)NC(=O)NC(=O)CN1CCCCC1C(=O)O. The number of imide groups is 1. The van der Waals surface area contributed by atoms with Crippen LogP contribution in [0.2, 0.25) is 0 Å². The number of hydrogen-bond donors (Lipinski definition) is 3. The van der Waals surface area contributed by atoms with Gasteiger partial charge in [-0.05, 0) is 26.3 Å². The second kappa shape index (κ2) is 8.58. The Hall–Kier alpha value is -1.67. The van der Waals surface area contributed by atoms with Crippen LogP contribution in [0.25, 0.3) is 0 Å². The summed E-state index contributed by atoms with van der Waals surface area (Å²) in [5, 5.41) is 13.9. The number of piperidine rings is 1. The van der Waals surface area contributed by atoms with E-state index in [1.54, 1.807) is 11.8 Å². The summed E-state index contributed by atoms with van der Waals surface area (Å²) in [6.45, 7) is 2.54. The zero-order valence-electron chi connectivity index (χ0n) is 12.4. The third-order valence-electron chi connectivity index (χ3n) is 3.29. The Kier molecular flexibility index (Phi) is 7.10. The predicted octanol–water partition coefficient (Wildman–Crippen LogP) is -0.214. The molecule has 8 heteroatoms. The lowest BCUT2D eigenvalue weighted by Gasteiger charge is -2.32. The topological polar surface area (TPSA) is 108 Å². The Balaban J connectivity index is 2.41. The molecule has 0 spiro atoms. The molecule has 1 saturated heterocycles. The van der Waals surface area contributed by atoms with Gasteiger partial charge in [0.05, 0.1) is 19.2 Å². The summed E-state index contributed by atoms with van der Waals surface area (Å²) in [7, 11) is 1.52. The molecule has 0 radical (unpaired) electrons. The van der Waals surface area contributed by atoms with Crippen LogP contribution in [0.5, 0.6) is 0 Å². The molecule has 1 fully saturated rings. The van der Waals surface area contributed by atoms with Crippen LogP contribution in [0.3, 0.4) is 0 Å². The van der Waals surface area contributed by atoms with Crippen molar-refractivity contribution in [1.82, 2.24) is 15.5 Å². The first-order valence-electron chi connectivity index (χ1n) is 7.00. The second-order valence-electron chi connectivity index (χ2n) is 5.20. The van der Waals surface area contributed by atoms with Crippen molar-refractivity contribution >= 4 is 17.9 Å². The maximum Gasteiger partial charge on any atom is 0.321 e. The number of hydrogen-bond acceptors (Lipinski definition) is 5. The first-order chi connectivity index (χ1) is 9.93. The van der Waals surface area contributed by atoms with Gasteiger partial charge < -0.3 is 15.2 Å². The first-order valence-corrected chi connectivity index (χ1v) is 7.00. The third kappa shape index (κ3) is 6.09. The summed E-state index contributed by atoms with van der Waals surface area (Å²) < 4.78 is 4.87. The Morgan fingerprint density at radius 1 is 1.38 bits per heavy atom. The van der Waals surface area contributed by atoms with Crippen molar-refractivity contribution < 1.29 is 24.2 Å². The zero-order valence-corrected chi connectivity index (χ0v) is 12.4. The highest BCUT2D eigenvalue weighted by Gasteiger charge is 2.29. The fourth-order valence-corrected chi connectivity index (χ4v) is 2.36. The van der Waals surface area contributed by atoms with Gasteiger partial charge in [0, 0.05) is 7.11 Å². The number of carboxylic acid groups (broad SMARTS) is 1. The van der Waals surface area contributed by atoms with Crippen LogP contribution >= 0.6 is 0 Å². The summed E-state index contributed by atoms with van der Waals surface area (Å²) in [4.78, 5) is 36.1. The van der Waals surface area contributed by atoms with Crippen molar-refractivity contribution in [2.45, 2.75) is 38.3 Å². The highest BCUT2D eigenvalue weighted by Crippen LogP contribution is 2.16. The predicted molar refractivity (Wildman–Crippen MR) is 74.9 cm³/mol. The van der Waals surface area contributed by atoms with Gasteiger partial charge in [-0.25, -0.2) is 4.79 Å². The largest absolute Gasteiger partial charge is 0.480 e. The van der Waals surface area contributed by atoms with E-state index in [4.69, 9.17) is 9.84 Å². The van der Waals surface area contributed by atoms with Gasteiger partial charge >= 0.3 is 12.0 Å². The number of likely N-dealkylation sites (tertiary alicyclic amines) is 1. The Labute approximate surface area is 123 Å².